The number of fused-ring (bicyclic) bond motifs is 3. The van der Waals surface area contributed by atoms with Crippen molar-refractivity contribution in [3.63, 3.8) is 0 Å². The number of imidazole rings is 1. The fraction of sp³-hybridized carbons (Fsp3) is 0.500. The first kappa shape index (κ1) is 24.8. The molecule has 35 heavy (non-hydrogen) atoms. The van der Waals surface area contributed by atoms with Crippen LogP contribution in [0.1, 0.15) is 101 Å². The summed E-state index contributed by atoms with van der Waals surface area (Å²) in [6.45, 7) is 4.83. The first-order valence-corrected chi connectivity index (χ1v) is 13.7. The minimum Gasteiger partial charge on any atom is -0.431 e. The van der Waals surface area contributed by atoms with E-state index in [4.69, 9.17) is 4.98 Å². The molecule has 0 unspecified atom stereocenters. The second kappa shape index (κ2) is 10.6. The predicted octanol–water partition coefficient (Wildman–Crippen LogP) is 6.92. The van der Waals surface area contributed by atoms with Gasteiger partial charge in [-0.25, -0.2) is 0 Å². The van der Waals surface area contributed by atoms with Crippen molar-refractivity contribution in [3.05, 3.63) is 66.0 Å². The van der Waals surface area contributed by atoms with E-state index in [1.54, 1.807) is 16.6 Å². The van der Waals surface area contributed by atoms with Gasteiger partial charge in [0.15, 0.2) is 0 Å². The van der Waals surface area contributed by atoms with E-state index in [1.165, 1.54) is 69.9 Å². The van der Waals surface area contributed by atoms with Crippen molar-refractivity contribution in [2.75, 3.05) is 4.81 Å². The molecule has 3 aliphatic rings. The van der Waals surface area contributed by atoms with Crippen molar-refractivity contribution < 1.29 is 20.1 Å². The molecule has 1 aromatic heterocycles. The van der Waals surface area contributed by atoms with Gasteiger partial charge in [0.05, 0.1) is 0 Å². The maximum absolute atomic E-state index is 4.86. The monoisotopic (exact) mass is 643 g/mol. The summed E-state index contributed by atoms with van der Waals surface area (Å²) < 4.78 is 2.45. The normalized spacial score (nSPS) is 18.8. The Hall–Kier alpha value is -1.84. The van der Waals surface area contributed by atoms with E-state index in [-0.39, 0.29) is 27.1 Å². The maximum Gasteiger partial charge on any atom is 0.399 e. The third-order valence-electron chi connectivity index (χ3n) is 8.61. The van der Waals surface area contributed by atoms with Gasteiger partial charge in [-0.3, -0.25) is 4.98 Å². The summed E-state index contributed by atoms with van der Waals surface area (Å²) in [6.07, 6.45) is 17.8. The topological polar surface area (TPSA) is 21.1 Å². The second-order valence-corrected chi connectivity index (χ2v) is 11.0. The van der Waals surface area contributed by atoms with Crippen LogP contribution in [0.3, 0.4) is 0 Å². The van der Waals surface area contributed by atoms with Gasteiger partial charge < -0.3 is 9.29 Å². The molecule has 3 nitrogen and oxygen atoms in total. The van der Waals surface area contributed by atoms with Crippen molar-refractivity contribution >= 4 is 18.1 Å². The first-order valence-electron chi connectivity index (χ1n) is 13.7. The summed E-state index contributed by atoms with van der Waals surface area (Å²) in [5, 5.41) is 0. The molecule has 1 radical (unpaired) electrons. The summed E-state index contributed by atoms with van der Waals surface area (Å²) >= 11 is 0. The average Bonchev–Trinajstić information content (AvgIpc) is 3.38. The van der Waals surface area contributed by atoms with E-state index in [1.807, 2.05) is 12.3 Å². The summed E-state index contributed by atoms with van der Waals surface area (Å²) in [5.41, 5.74) is 7.22. The van der Waals surface area contributed by atoms with Gasteiger partial charge in [-0.05, 0) is 68.0 Å². The Kier molecular flexibility index (Phi) is 7.56. The summed E-state index contributed by atoms with van der Waals surface area (Å²) in [6, 6.07) is 17.6. The maximum atomic E-state index is 4.86. The Morgan fingerprint density at radius 3 is 2.11 bits per heavy atom. The minimum atomic E-state index is 0. The summed E-state index contributed by atoms with van der Waals surface area (Å²) in [7, 11) is 0. The van der Waals surface area contributed by atoms with Gasteiger partial charge in [-0.1, -0.05) is 68.0 Å². The Balaban J connectivity index is 0.00000253. The molecule has 6 rings (SSSR count). The quantitative estimate of drug-likeness (QED) is 0.228. The van der Waals surface area contributed by atoms with Gasteiger partial charge in [0.2, 0.25) is 0 Å². The van der Waals surface area contributed by atoms with Gasteiger partial charge in [-0.2, -0.15) is 0 Å². The molecule has 2 fully saturated rings. The van der Waals surface area contributed by atoms with Crippen LogP contribution in [0.15, 0.2) is 48.8 Å². The molecular formula is C30H37BIrN3-. The van der Waals surface area contributed by atoms with Gasteiger partial charge in [0.1, 0.15) is 0 Å². The van der Waals surface area contributed by atoms with Gasteiger partial charge in [-0.15, -0.1) is 24.3 Å². The zero-order valence-electron chi connectivity index (χ0n) is 21.2. The molecule has 0 atom stereocenters. The number of hydrogen-bond acceptors (Lipinski definition) is 2. The summed E-state index contributed by atoms with van der Waals surface area (Å²) in [4.78, 5) is 7.50. The van der Waals surface area contributed by atoms with Crippen LogP contribution in [-0.2, 0) is 20.1 Å². The smallest absolute Gasteiger partial charge is 0.399 e. The summed E-state index contributed by atoms with van der Waals surface area (Å²) in [5.74, 6) is 2.42. The molecule has 0 amide bonds. The van der Waals surface area contributed by atoms with E-state index in [0.29, 0.717) is 17.9 Å². The zero-order chi connectivity index (χ0) is 23.1. The van der Waals surface area contributed by atoms with Crippen molar-refractivity contribution in [1.29, 1.82) is 0 Å². The van der Waals surface area contributed by atoms with Crippen LogP contribution >= 0.6 is 0 Å². The molecule has 1 aliphatic heterocycles. The van der Waals surface area contributed by atoms with Crippen molar-refractivity contribution in [1.82, 2.24) is 9.46 Å². The predicted molar refractivity (Wildman–Crippen MR) is 143 cm³/mol. The van der Waals surface area contributed by atoms with E-state index in [9.17, 15) is 0 Å². The van der Waals surface area contributed by atoms with Crippen LogP contribution in [0.5, 0.6) is 0 Å². The van der Waals surface area contributed by atoms with Crippen LogP contribution in [0.4, 0.5) is 5.69 Å². The third kappa shape index (κ3) is 4.44. The largest absolute Gasteiger partial charge is 0.431 e. The zero-order valence-corrected chi connectivity index (χ0v) is 23.6. The van der Waals surface area contributed by atoms with E-state index in [2.05, 4.69) is 65.7 Å². The number of rotatable bonds is 4. The molecule has 0 spiro atoms. The molecular weight excluding hydrogens is 605 g/mol. The number of anilines is 1. The van der Waals surface area contributed by atoms with Gasteiger partial charge >= 0.3 is 6.98 Å². The van der Waals surface area contributed by atoms with Crippen LogP contribution in [-0.4, -0.2) is 22.5 Å². The van der Waals surface area contributed by atoms with Crippen molar-refractivity contribution in [3.8, 4) is 11.4 Å². The van der Waals surface area contributed by atoms with E-state index < -0.39 is 0 Å². The molecule has 5 heteroatoms. The van der Waals surface area contributed by atoms with Crippen LogP contribution in [0.25, 0.3) is 11.4 Å². The van der Waals surface area contributed by atoms with Crippen LogP contribution in [0.2, 0.25) is 0 Å². The number of nitrogens with zero attached hydrogens (tertiary/aromatic N) is 3. The molecule has 2 aromatic carbocycles. The molecule has 2 saturated carbocycles. The Morgan fingerprint density at radius 1 is 0.886 bits per heavy atom. The number of hydrogen-bond donors (Lipinski definition) is 0. The molecule has 3 aromatic rings. The molecule has 0 bridgehead atoms. The fourth-order valence-corrected chi connectivity index (χ4v) is 7.07. The molecule has 0 saturated heterocycles. The minimum absolute atomic E-state index is 0. The Bertz CT molecular complexity index is 1110. The molecule has 185 valence electrons. The van der Waals surface area contributed by atoms with Crippen molar-refractivity contribution in [2.45, 2.75) is 95.9 Å². The van der Waals surface area contributed by atoms with E-state index in [0.717, 1.165) is 11.4 Å². The first-order chi connectivity index (χ1) is 16.7. The average molecular weight is 643 g/mol. The third-order valence-corrected chi connectivity index (χ3v) is 8.61. The fourth-order valence-electron chi connectivity index (χ4n) is 7.07. The standard InChI is InChI=1S/C30H37BN3.Ir/c1-22(2)34-28-19-10-9-16-27(28)30-32-20-21-33(30)31(34)29-25(23-12-5-3-6-13-23)17-11-18-26(29)24-14-7-4-8-15-24;/h9-11,17-24H,3-8,12-15H2,1-2H3;/q-1;. The molecule has 2 heterocycles. The second-order valence-electron chi connectivity index (χ2n) is 11.0. The van der Waals surface area contributed by atoms with Crippen LogP contribution < -0.4 is 10.3 Å². The van der Waals surface area contributed by atoms with Crippen LogP contribution in [0, 0.1) is 6.07 Å². The molecule has 2 aliphatic carbocycles. The van der Waals surface area contributed by atoms with Gasteiger partial charge in [0.25, 0.3) is 0 Å². The Labute approximate surface area is 225 Å². The number of aromatic nitrogens is 2. The van der Waals surface area contributed by atoms with E-state index >= 15 is 0 Å². The SMILES string of the molecule is CC(C)N1B(c2c(C3CCCCC3)cccc2C2CCCCC2)n2ccnc2-c2[c-]cccc21.[Ir]. The van der Waals surface area contributed by atoms with Gasteiger partial charge in [0, 0.05) is 44.4 Å². The Morgan fingerprint density at radius 2 is 1.51 bits per heavy atom. The number of benzene rings is 2. The van der Waals surface area contributed by atoms with Crippen molar-refractivity contribution in [2.24, 2.45) is 0 Å². The molecule has 0 N–H and O–H groups in total.